The zero-order valence-corrected chi connectivity index (χ0v) is 14.2. The Morgan fingerprint density at radius 1 is 1.25 bits per heavy atom. The SMILES string of the molecule is CCn1cncc1CN1C2CCC1c1cnc3cc(C)nn3c1C2. The maximum Gasteiger partial charge on any atom is 0.155 e. The van der Waals surface area contributed by atoms with E-state index in [0.29, 0.717) is 12.1 Å². The minimum Gasteiger partial charge on any atom is -0.334 e. The standard InChI is InChI=1S/C18H22N6/c1-3-22-11-19-8-14(22)10-23-13-4-5-16(23)15-9-20-18-6-12(2)21-24(18)17(15)7-13/h6,8-9,11,13,16H,3-5,7,10H2,1-2H3. The van der Waals surface area contributed by atoms with Gasteiger partial charge in [0.1, 0.15) is 0 Å². The average molecular weight is 322 g/mol. The lowest BCUT2D eigenvalue weighted by Gasteiger charge is -2.36. The molecule has 6 heteroatoms. The number of hydrogen-bond acceptors (Lipinski definition) is 4. The van der Waals surface area contributed by atoms with Crippen LogP contribution >= 0.6 is 0 Å². The molecule has 1 fully saturated rings. The highest BCUT2D eigenvalue weighted by molar-refractivity contribution is 5.44. The normalized spacial score (nSPS) is 23.1. The third-order valence-corrected chi connectivity index (χ3v) is 5.65. The summed E-state index contributed by atoms with van der Waals surface area (Å²) in [5, 5.41) is 4.67. The fraction of sp³-hybridized carbons (Fsp3) is 0.500. The van der Waals surface area contributed by atoms with Gasteiger partial charge < -0.3 is 4.57 Å². The molecule has 0 amide bonds. The second kappa shape index (κ2) is 5.14. The van der Waals surface area contributed by atoms with Crippen LogP contribution < -0.4 is 0 Å². The Morgan fingerprint density at radius 3 is 3.04 bits per heavy atom. The van der Waals surface area contributed by atoms with Crippen molar-refractivity contribution in [2.75, 3.05) is 0 Å². The number of imidazole rings is 1. The molecule has 5 heterocycles. The zero-order valence-electron chi connectivity index (χ0n) is 14.2. The predicted octanol–water partition coefficient (Wildman–Crippen LogP) is 2.52. The first-order valence-electron chi connectivity index (χ1n) is 8.83. The summed E-state index contributed by atoms with van der Waals surface area (Å²) in [6, 6.07) is 3.12. The Hall–Kier alpha value is -2.21. The van der Waals surface area contributed by atoms with E-state index in [0.717, 1.165) is 30.9 Å². The molecule has 24 heavy (non-hydrogen) atoms. The van der Waals surface area contributed by atoms with E-state index in [1.807, 2.05) is 19.4 Å². The molecule has 5 rings (SSSR count). The van der Waals surface area contributed by atoms with Gasteiger partial charge in [-0.3, -0.25) is 4.90 Å². The van der Waals surface area contributed by atoms with Gasteiger partial charge in [-0.1, -0.05) is 0 Å². The summed E-state index contributed by atoms with van der Waals surface area (Å²) in [5.41, 5.74) is 6.05. The summed E-state index contributed by atoms with van der Waals surface area (Å²) in [4.78, 5) is 11.6. The van der Waals surface area contributed by atoms with Crippen LogP contribution in [0.1, 0.15) is 48.5 Å². The van der Waals surface area contributed by atoms with Crippen LogP contribution in [0, 0.1) is 6.92 Å². The maximum atomic E-state index is 4.67. The number of rotatable bonds is 3. The van der Waals surface area contributed by atoms with Crippen LogP contribution in [0.15, 0.2) is 24.8 Å². The maximum absolute atomic E-state index is 4.67. The summed E-state index contributed by atoms with van der Waals surface area (Å²) in [6.45, 7) is 6.16. The fourth-order valence-electron chi connectivity index (χ4n) is 4.50. The highest BCUT2D eigenvalue weighted by Gasteiger charge is 2.41. The first-order chi connectivity index (χ1) is 11.7. The van der Waals surface area contributed by atoms with Gasteiger partial charge in [0.2, 0.25) is 0 Å². The van der Waals surface area contributed by atoms with Crippen molar-refractivity contribution in [3.8, 4) is 0 Å². The largest absolute Gasteiger partial charge is 0.334 e. The lowest BCUT2D eigenvalue weighted by atomic mass is 9.99. The number of nitrogens with zero attached hydrogens (tertiary/aromatic N) is 6. The summed E-state index contributed by atoms with van der Waals surface area (Å²) in [5.74, 6) is 0. The van der Waals surface area contributed by atoms with E-state index in [2.05, 4.69) is 48.2 Å². The molecule has 2 atom stereocenters. The van der Waals surface area contributed by atoms with E-state index >= 15 is 0 Å². The van der Waals surface area contributed by atoms with Gasteiger partial charge in [0.15, 0.2) is 5.65 Å². The highest BCUT2D eigenvalue weighted by atomic mass is 15.3. The van der Waals surface area contributed by atoms with Crippen LogP contribution in [-0.2, 0) is 19.5 Å². The van der Waals surface area contributed by atoms with Crippen molar-refractivity contribution in [3.63, 3.8) is 0 Å². The minimum absolute atomic E-state index is 0.459. The summed E-state index contributed by atoms with van der Waals surface area (Å²) in [7, 11) is 0. The second-order valence-electron chi connectivity index (χ2n) is 7.01. The monoisotopic (exact) mass is 322 g/mol. The van der Waals surface area contributed by atoms with Crippen LogP contribution in [0.3, 0.4) is 0 Å². The molecule has 2 bridgehead atoms. The van der Waals surface area contributed by atoms with Gasteiger partial charge in [-0.2, -0.15) is 5.10 Å². The van der Waals surface area contributed by atoms with Gasteiger partial charge in [0.25, 0.3) is 0 Å². The van der Waals surface area contributed by atoms with E-state index in [9.17, 15) is 0 Å². The molecule has 124 valence electrons. The van der Waals surface area contributed by atoms with Crippen molar-refractivity contribution in [1.82, 2.24) is 29.0 Å². The van der Waals surface area contributed by atoms with E-state index in [1.165, 1.54) is 29.8 Å². The van der Waals surface area contributed by atoms with E-state index in [1.54, 1.807) is 0 Å². The molecule has 2 aliphatic heterocycles. The number of hydrogen-bond donors (Lipinski definition) is 0. The first-order valence-corrected chi connectivity index (χ1v) is 8.83. The molecule has 0 aliphatic carbocycles. The van der Waals surface area contributed by atoms with Crippen molar-refractivity contribution in [1.29, 1.82) is 0 Å². The van der Waals surface area contributed by atoms with Crippen LogP contribution in [0.2, 0.25) is 0 Å². The molecule has 3 aromatic heterocycles. The number of fused-ring (bicyclic) bond motifs is 6. The highest BCUT2D eigenvalue weighted by Crippen LogP contribution is 2.44. The van der Waals surface area contributed by atoms with Gasteiger partial charge in [-0.15, -0.1) is 0 Å². The average Bonchev–Trinajstić information content (AvgIpc) is 3.25. The van der Waals surface area contributed by atoms with E-state index in [-0.39, 0.29) is 0 Å². The van der Waals surface area contributed by atoms with Crippen LogP contribution in [-0.4, -0.2) is 35.1 Å². The van der Waals surface area contributed by atoms with Gasteiger partial charge in [0.05, 0.1) is 23.4 Å². The molecule has 0 aromatic carbocycles. The summed E-state index contributed by atoms with van der Waals surface area (Å²) < 4.78 is 4.32. The predicted molar refractivity (Wildman–Crippen MR) is 90.6 cm³/mol. The fourth-order valence-corrected chi connectivity index (χ4v) is 4.50. The van der Waals surface area contributed by atoms with Crippen molar-refractivity contribution in [2.45, 2.75) is 58.3 Å². The second-order valence-corrected chi connectivity index (χ2v) is 7.01. The van der Waals surface area contributed by atoms with Crippen molar-refractivity contribution in [2.24, 2.45) is 0 Å². The molecule has 2 unspecified atom stereocenters. The van der Waals surface area contributed by atoms with Gasteiger partial charge >= 0.3 is 0 Å². The van der Waals surface area contributed by atoms with Gasteiger partial charge in [-0.05, 0) is 26.7 Å². The number of aryl methyl sites for hydroxylation is 2. The van der Waals surface area contributed by atoms with Gasteiger partial charge in [0, 0.05) is 55.6 Å². The Labute approximate surface area is 141 Å². The first kappa shape index (κ1) is 14.2. The third kappa shape index (κ3) is 1.95. The summed E-state index contributed by atoms with van der Waals surface area (Å²) in [6.07, 6.45) is 9.56. The zero-order chi connectivity index (χ0) is 16.3. The van der Waals surface area contributed by atoms with E-state index < -0.39 is 0 Å². The van der Waals surface area contributed by atoms with E-state index in [4.69, 9.17) is 0 Å². The minimum atomic E-state index is 0.459. The smallest absolute Gasteiger partial charge is 0.155 e. The Kier molecular flexibility index (Phi) is 3.03. The molecular weight excluding hydrogens is 300 g/mol. The topological polar surface area (TPSA) is 51.2 Å². The Balaban J connectivity index is 1.54. The molecule has 6 nitrogen and oxygen atoms in total. The van der Waals surface area contributed by atoms with Crippen LogP contribution in [0.5, 0.6) is 0 Å². The van der Waals surface area contributed by atoms with Crippen LogP contribution in [0.25, 0.3) is 5.65 Å². The molecule has 0 N–H and O–H groups in total. The Bertz CT molecular complexity index is 908. The molecule has 0 radical (unpaired) electrons. The van der Waals surface area contributed by atoms with Crippen molar-refractivity contribution >= 4 is 5.65 Å². The quantitative estimate of drug-likeness (QED) is 0.743. The Morgan fingerprint density at radius 2 is 2.17 bits per heavy atom. The molecule has 2 aliphatic rings. The molecule has 1 saturated heterocycles. The molecule has 3 aromatic rings. The number of aromatic nitrogens is 5. The lowest BCUT2D eigenvalue weighted by molar-refractivity contribution is 0.161. The molecular formula is C18H22N6. The lowest BCUT2D eigenvalue weighted by Crippen LogP contribution is -2.38. The van der Waals surface area contributed by atoms with Crippen molar-refractivity contribution < 1.29 is 0 Å². The van der Waals surface area contributed by atoms with Gasteiger partial charge in [-0.25, -0.2) is 14.5 Å². The summed E-state index contributed by atoms with van der Waals surface area (Å²) >= 11 is 0. The molecule has 0 saturated carbocycles. The van der Waals surface area contributed by atoms with Crippen LogP contribution in [0.4, 0.5) is 0 Å². The van der Waals surface area contributed by atoms with Crippen molar-refractivity contribution in [3.05, 3.63) is 47.4 Å². The molecule has 0 spiro atoms. The third-order valence-electron chi connectivity index (χ3n) is 5.65.